The summed E-state index contributed by atoms with van der Waals surface area (Å²) in [6.07, 6.45) is -4.12. The molecule has 27 heavy (non-hydrogen) atoms. The van der Waals surface area contributed by atoms with E-state index in [1.54, 1.807) is 24.3 Å². The van der Waals surface area contributed by atoms with E-state index in [1.165, 1.54) is 6.07 Å². The van der Waals surface area contributed by atoms with Crippen molar-refractivity contribution in [2.75, 3.05) is 6.61 Å². The van der Waals surface area contributed by atoms with Gasteiger partial charge >= 0.3 is 12.1 Å². The quantitative estimate of drug-likeness (QED) is 0.836. The van der Waals surface area contributed by atoms with Gasteiger partial charge in [0.2, 0.25) is 0 Å². The van der Waals surface area contributed by atoms with Crippen LogP contribution in [0, 0.1) is 0 Å². The van der Waals surface area contributed by atoms with Crippen molar-refractivity contribution in [3.8, 4) is 11.5 Å². The van der Waals surface area contributed by atoms with E-state index in [4.69, 9.17) is 14.6 Å². The molecule has 0 amide bonds. The van der Waals surface area contributed by atoms with Crippen LogP contribution < -0.4 is 9.47 Å². The van der Waals surface area contributed by atoms with Crippen LogP contribution in [0.1, 0.15) is 47.1 Å². The van der Waals surface area contributed by atoms with Crippen molar-refractivity contribution in [1.82, 2.24) is 0 Å². The van der Waals surface area contributed by atoms with Gasteiger partial charge < -0.3 is 14.6 Å². The molecule has 7 heteroatoms. The Hall–Kier alpha value is -2.70. The van der Waals surface area contributed by atoms with Crippen LogP contribution in [0.5, 0.6) is 11.5 Å². The number of hydrogen-bond donors (Lipinski definition) is 1. The fourth-order valence-corrected chi connectivity index (χ4v) is 3.88. The van der Waals surface area contributed by atoms with E-state index >= 15 is 0 Å². The largest absolute Gasteiger partial charge is 0.492 e. The van der Waals surface area contributed by atoms with Gasteiger partial charge in [0.05, 0.1) is 18.6 Å². The highest BCUT2D eigenvalue weighted by Crippen LogP contribution is 2.44. The van der Waals surface area contributed by atoms with Crippen molar-refractivity contribution >= 4 is 5.97 Å². The smallest absolute Gasteiger partial charge is 0.416 e. The molecule has 0 saturated carbocycles. The first-order valence-corrected chi connectivity index (χ1v) is 8.67. The van der Waals surface area contributed by atoms with Crippen LogP contribution in [0.4, 0.5) is 13.2 Å². The molecule has 1 aliphatic carbocycles. The minimum atomic E-state index is -4.43. The Morgan fingerprint density at radius 1 is 1.26 bits per heavy atom. The van der Waals surface area contributed by atoms with Gasteiger partial charge in [0.25, 0.3) is 0 Å². The number of alkyl halides is 3. The Bertz CT molecular complexity index is 891. The van der Waals surface area contributed by atoms with Gasteiger partial charge in [0, 0.05) is 23.1 Å². The molecule has 1 aliphatic heterocycles. The summed E-state index contributed by atoms with van der Waals surface area (Å²) >= 11 is 0. The van der Waals surface area contributed by atoms with Crippen molar-refractivity contribution < 1.29 is 32.5 Å². The molecule has 142 valence electrons. The molecule has 4 rings (SSSR count). The van der Waals surface area contributed by atoms with Gasteiger partial charge in [-0.05, 0) is 30.5 Å². The first kappa shape index (κ1) is 17.7. The Kier molecular flexibility index (Phi) is 4.25. The molecule has 0 spiro atoms. The van der Waals surface area contributed by atoms with Crippen molar-refractivity contribution in [2.24, 2.45) is 0 Å². The number of ether oxygens (including phenoxy) is 2. The molecule has 2 aromatic carbocycles. The third-order valence-electron chi connectivity index (χ3n) is 5.06. The SMILES string of the molecule is O=C(O)C[C@@H]1COc2cc(O[C@@H]3CCc4cccc(C(F)(F)F)c43)ccc21. The van der Waals surface area contributed by atoms with Crippen LogP contribution in [0.15, 0.2) is 36.4 Å². The molecule has 0 aromatic heterocycles. The number of carbonyl (C=O) groups is 1. The first-order chi connectivity index (χ1) is 12.8. The summed E-state index contributed by atoms with van der Waals surface area (Å²) in [5.41, 5.74) is 0.998. The average Bonchev–Trinajstić information content (AvgIpc) is 3.18. The molecule has 0 saturated heterocycles. The summed E-state index contributed by atoms with van der Waals surface area (Å²) in [7, 11) is 0. The number of rotatable bonds is 4. The predicted molar refractivity (Wildman–Crippen MR) is 90.1 cm³/mol. The van der Waals surface area contributed by atoms with Crippen LogP contribution in [-0.4, -0.2) is 17.7 Å². The highest BCUT2D eigenvalue weighted by molar-refractivity contribution is 5.68. The molecule has 0 unspecified atom stereocenters. The summed E-state index contributed by atoms with van der Waals surface area (Å²) in [5, 5.41) is 8.96. The standard InChI is InChI=1S/C20H17F3O4/c21-20(22,23)15-3-1-2-11-4-7-16(19(11)15)27-13-5-6-14-12(8-18(24)25)10-26-17(14)9-13/h1-3,5-6,9,12,16H,4,7-8,10H2,(H,24,25)/t12-,16-/m1/s1. The average molecular weight is 378 g/mol. The second-order valence-electron chi connectivity index (χ2n) is 6.83. The highest BCUT2D eigenvalue weighted by atomic mass is 19.4. The Morgan fingerprint density at radius 2 is 2.07 bits per heavy atom. The van der Waals surface area contributed by atoms with E-state index in [2.05, 4.69) is 0 Å². The van der Waals surface area contributed by atoms with Crippen molar-refractivity contribution in [3.63, 3.8) is 0 Å². The summed E-state index contributed by atoms with van der Waals surface area (Å²) in [4.78, 5) is 10.9. The molecule has 0 bridgehead atoms. The van der Waals surface area contributed by atoms with Crippen LogP contribution >= 0.6 is 0 Å². The molecule has 0 fully saturated rings. The van der Waals surface area contributed by atoms with E-state index < -0.39 is 23.8 Å². The third kappa shape index (κ3) is 3.34. The normalized spacial score (nSPS) is 20.7. The third-order valence-corrected chi connectivity index (χ3v) is 5.06. The van der Waals surface area contributed by atoms with E-state index in [-0.39, 0.29) is 24.5 Å². The topological polar surface area (TPSA) is 55.8 Å². The van der Waals surface area contributed by atoms with Gasteiger partial charge in [-0.3, -0.25) is 4.79 Å². The molecule has 1 heterocycles. The number of aliphatic carboxylic acids is 1. The minimum absolute atomic E-state index is 0.0296. The fraction of sp³-hybridized carbons (Fsp3) is 0.350. The molecular formula is C20H17F3O4. The number of aryl methyl sites for hydroxylation is 1. The lowest BCUT2D eigenvalue weighted by Crippen LogP contribution is -2.13. The molecule has 2 aromatic rings. The predicted octanol–water partition coefficient (Wildman–Crippen LogP) is 4.72. The second-order valence-corrected chi connectivity index (χ2v) is 6.83. The second kappa shape index (κ2) is 6.48. The fourth-order valence-electron chi connectivity index (χ4n) is 3.88. The zero-order valence-electron chi connectivity index (χ0n) is 14.3. The Labute approximate surface area is 153 Å². The van der Waals surface area contributed by atoms with Gasteiger partial charge in [0.15, 0.2) is 0 Å². The van der Waals surface area contributed by atoms with E-state index in [9.17, 15) is 18.0 Å². The Morgan fingerprint density at radius 3 is 2.81 bits per heavy atom. The monoisotopic (exact) mass is 378 g/mol. The van der Waals surface area contributed by atoms with E-state index in [0.717, 1.165) is 11.6 Å². The van der Waals surface area contributed by atoms with E-state index in [0.29, 0.717) is 29.9 Å². The lowest BCUT2D eigenvalue weighted by molar-refractivity contribution is -0.139. The molecule has 4 nitrogen and oxygen atoms in total. The zero-order valence-corrected chi connectivity index (χ0v) is 14.3. The van der Waals surface area contributed by atoms with Gasteiger partial charge in [-0.25, -0.2) is 0 Å². The van der Waals surface area contributed by atoms with E-state index in [1.807, 2.05) is 0 Å². The number of hydrogen-bond acceptors (Lipinski definition) is 3. The summed E-state index contributed by atoms with van der Waals surface area (Å²) < 4.78 is 51.5. The van der Waals surface area contributed by atoms with Crippen LogP contribution in [-0.2, 0) is 17.4 Å². The number of carboxylic acid groups (broad SMARTS) is 1. The summed E-state index contributed by atoms with van der Waals surface area (Å²) in [6, 6.07) is 9.24. The number of fused-ring (bicyclic) bond motifs is 2. The molecule has 0 radical (unpaired) electrons. The number of benzene rings is 2. The van der Waals surface area contributed by atoms with Gasteiger partial charge in [-0.1, -0.05) is 18.2 Å². The van der Waals surface area contributed by atoms with Crippen molar-refractivity contribution in [1.29, 1.82) is 0 Å². The number of carboxylic acids is 1. The van der Waals surface area contributed by atoms with Crippen LogP contribution in [0.3, 0.4) is 0 Å². The molecular weight excluding hydrogens is 361 g/mol. The van der Waals surface area contributed by atoms with Crippen molar-refractivity contribution in [3.05, 3.63) is 58.7 Å². The van der Waals surface area contributed by atoms with Gasteiger partial charge in [-0.2, -0.15) is 13.2 Å². The highest BCUT2D eigenvalue weighted by Gasteiger charge is 2.39. The Balaban J connectivity index is 1.59. The van der Waals surface area contributed by atoms with Gasteiger partial charge in [-0.15, -0.1) is 0 Å². The van der Waals surface area contributed by atoms with Gasteiger partial charge in [0.1, 0.15) is 17.6 Å². The minimum Gasteiger partial charge on any atom is -0.492 e. The molecule has 1 N–H and O–H groups in total. The first-order valence-electron chi connectivity index (χ1n) is 8.67. The molecule has 2 atom stereocenters. The maximum absolute atomic E-state index is 13.4. The summed E-state index contributed by atoms with van der Waals surface area (Å²) in [5.74, 6) is -0.185. The number of halogens is 3. The van der Waals surface area contributed by atoms with Crippen molar-refractivity contribution in [2.45, 2.75) is 37.5 Å². The van der Waals surface area contributed by atoms with Crippen LogP contribution in [0.25, 0.3) is 0 Å². The lowest BCUT2D eigenvalue weighted by atomic mass is 9.98. The maximum atomic E-state index is 13.4. The molecule has 2 aliphatic rings. The van der Waals surface area contributed by atoms with Crippen LogP contribution in [0.2, 0.25) is 0 Å². The summed E-state index contributed by atoms with van der Waals surface area (Å²) in [6.45, 7) is 0.273. The zero-order chi connectivity index (χ0) is 19.2. The lowest BCUT2D eigenvalue weighted by Gasteiger charge is -2.20. The maximum Gasteiger partial charge on any atom is 0.416 e.